The molecular formula is C16H19N3O2S. The van der Waals surface area contributed by atoms with Crippen LogP contribution in [0.15, 0.2) is 42.0 Å². The van der Waals surface area contributed by atoms with Crippen molar-refractivity contribution in [2.24, 2.45) is 0 Å². The van der Waals surface area contributed by atoms with Crippen LogP contribution < -0.4 is 5.32 Å². The molecule has 6 heteroatoms. The molecule has 0 aliphatic carbocycles. The first-order valence-corrected chi connectivity index (χ1v) is 8.31. The van der Waals surface area contributed by atoms with Crippen LogP contribution >= 0.6 is 11.3 Å². The van der Waals surface area contributed by atoms with Gasteiger partial charge in [0.05, 0.1) is 6.10 Å². The predicted molar refractivity (Wildman–Crippen MR) is 86.9 cm³/mol. The van der Waals surface area contributed by atoms with Crippen molar-refractivity contribution in [2.45, 2.75) is 31.4 Å². The number of hydrogen-bond donors (Lipinski definition) is 2. The number of aliphatic hydroxyl groups is 1. The number of hydrogen-bond acceptors (Lipinski definition) is 4. The Morgan fingerprint density at radius 1 is 1.45 bits per heavy atom. The summed E-state index contributed by atoms with van der Waals surface area (Å²) in [6.07, 6.45) is 5.30. The first-order chi connectivity index (χ1) is 10.7. The zero-order valence-electron chi connectivity index (χ0n) is 12.2. The number of likely N-dealkylation sites (tertiary alicyclic amines) is 1. The molecule has 3 rings (SSSR count). The second-order valence-electron chi connectivity index (χ2n) is 5.42. The number of amides is 2. The molecule has 0 aromatic carbocycles. The van der Waals surface area contributed by atoms with Crippen LogP contribution in [-0.2, 0) is 0 Å². The van der Waals surface area contributed by atoms with Crippen molar-refractivity contribution in [1.82, 2.24) is 9.88 Å². The summed E-state index contributed by atoms with van der Waals surface area (Å²) < 4.78 is 0. The number of pyridine rings is 1. The maximum absolute atomic E-state index is 12.4. The largest absolute Gasteiger partial charge is 0.387 e. The molecule has 3 heterocycles. The van der Waals surface area contributed by atoms with E-state index in [1.165, 1.54) is 0 Å². The van der Waals surface area contributed by atoms with E-state index in [-0.39, 0.29) is 12.1 Å². The van der Waals surface area contributed by atoms with E-state index in [4.69, 9.17) is 0 Å². The number of carbonyl (C=O) groups excluding carboxylic acids is 1. The van der Waals surface area contributed by atoms with E-state index in [2.05, 4.69) is 10.3 Å². The molecule has 2 N–H and O–H groups in total. The molecule has 0 radical (unpaired) electrons. The van der Waals surface area contributed by atoms with Crippen LogP contribution in [-0.4, -0.2) is 33.6 Å². The van der Waals surface area contributed by atoms with Crippen molar-refractivity contribution in [3.8, 4) is 0 Å². The molecular weight excluding hydrogens is 298 g/mol. The highest BCUT2D eigenvalue weighted by Gasteiger charge is 2.30. The zero-order chi connectivity index (χ0) is 15.4. The second-order valence-corrected chi connectivity index (χ2v) is 6.40. The molecule has 2 aromatic heterocycles. The quantitative estimate of drug-likeness (QED) is 0.909. The van der Waals surface area contributed by atoms with Crippen molar-refractivity contribution in [3.63, 3.8) is 0 Å². The lowest BCUT2D eigenvalue weighted by atomic mass is 10.1. The molecule has 2 unspecified atom stereocenters. The van der Waals surface area contributed by atoms with E-state index in [9.17, 15) is 9.90 Å². The van der Waals surface area contributed by atoms with Crippen molar-refractivity contribution < 1.29 is 9.90 Å². The van der Waals surface area contributed by atoms with Gasteiger partial charge in [-0.1, -0.05) is 6.07 Å². The Hall–Kier alpha value is -1.92. The lowest BCUT2D eigenvalue weighted by Gasteiger charge is -2.26. The third-order valence-electron chi connectivity index (χ3n) is 3.94. The van der Waals surface area contributed by atoms with Crippen molar-refractivity contribution in [1.29, 1.82) is 0 Å². The number of carbonyl (C=O) groups is 1. The average Bonchev–Trinajstić information content (AvgIpc) is 3.19. The normalized spacial score (nSPS) is 19.1. The van der Waals surface area contributed by atoms with Gasteiger partial charge in [-0.15, -0.1) is 11.3 Å². The van der Waals surface area contributed by atoms with Gasteiger partial charge in [0.1, 0.15) is 0 Å². The van der Waals surface area contributed by atoms with Crippen LogP contribution in [0.1, 0.15) is 30.2 Å². The Morgan fingerprint density at radius 3 is 3.00 bits per heavy atom. The summed E-state index contributed by atoms with van der Waals surface area (Å²) in [6, 6.07) is 7.38. The summed E-state index contributed by atoms with van der Waals surface area (Å²) in [5, 5.41) is 15.2. The Balaban J connectivity index is 1.61. The molecule has 2 amide bonds. The summed E-state index contributed by atoms with van der Waals surface area (Å²) in [4.78, 5) is 19.1. The van der Waals surface area contributed by atoms with Gasteiger partial charge >= 0.3 is 6.03 Å². The number of aromatic nitrogens is 1. The minimum atomic E-state index is -0.501. The van der Waals surface area contributed by atoms with Crippen LogP contribution in [0.5, 0.6) is 0 Å². The number of nitrogens with one attached hydrogen (secondary N) is 1. The molecule has 2 aromatic rings. The van der Waals surface area contributed by atoms with Crippen LogP contribution in [0.2, 0.25) is 0 Å². The number of urea groups is 1. The average molecular weight is 317 g/mol. The van der Waals surface area contributed by atoms with E-state index in [1.807, 2.05) is 22.4 Å². The van der Waals surface area contributed by atoms with Crippen LogP contribution in [0, 0.1) is 0 Å². The third-order valence-corrected chi connectivity index (χ3v) is 4.91. The SMILES string of the molecule is O=C(Nc1ccncc1)N1CCCC1CC(O)c1cccs1. The zero-order valence-corrected chi connectivity index (χ0v) is 13.0. The van der Waals surface area contributed by atoms with Gasteiger partial charge < -0.3 is 15.3 Å². The van der Waals surface area contributed by atoms with Gasteiger partial charge in [-0.25, -0.2) is 4.79 Å². The van der Waals surface area contributed by atoms with Gasteiger partial charge in [0.2, 0.25) is 0 Å². The fourth-order valence-corrected chi connectivity index (χ4v) is 3.56. The molecule has 0 saturated carbocycles. The van der Waals surface area contributed by atoms with Gasteiger partial charge in [-0.05, 0) is 42.8 Å². The Bertz CT molecular complexity index is 603. The van der Waals surface area contributed by atoms with E-state index >= 15 is 0 Å². The number of aliphatic hydroxyl groups excluding tert-OH is 1. The highest BCUT2D eigenvalue weighted by molar-refractivity contribution is 7.10. The van der Waals surface area contributed by atoms with Crippen LogP contribution in [0.3, 0.4) is 0 Å². The monoisotopic (exact) mass is 317 g/mol. The molecule has 1 saturated heterocycles. The Kier molecular flexibility index (Phi) is 4.70. The molecule has 1 aliphatic rings. The standard InChI is InChI=1S/C16H19N3O2S/c20-14(15-4-2-10-22-15)11-13-3-1-9-19(13)16(21)18-12-5-7-17-8-6-12/h2,4-8,10,13-14,20H,1,3,9,11H2,(H,17,18,21). The second kappa shape index (κ2) is 6.89. The lowest BCUT2D eigenvalue weighted by Crippen LogP contribution is -2.39. The van der Waals surface area contributed by atoms with Gasteiger partial charge in [0.25, 0.3) is 0 Å². The number of rotatable bonds is 4. The minimum absolute atomic E-state index is 0.0823. The molecule has 0 spiro atoms. The van der Waals surface area contributed by atoms with Gasteiger partial charge in [0.15, 0.2) is 0 Å². The fraction of sp³-hybridized carbons (Fsp3) is 0.375. The van der Waals surface area contributed by atoms with Crippen molar-refractivity contribution in [2.75, 3.05) is 11.9 Å². The maximum atomic E-state index is 12.4. The van der Waals surface area contributed by atoms with E-state index in [0.717, 1.165) is 30.0 Å². The molecule has 1 aliphatic heterocycles. The molecule has 116 valence electrons. The summed E-state index contributed by atoms with van der Waals surface area (Å²) >= 11 is 1.55. The van der Waals surface area contributed by atoms with Crippen LogP contribution in [0.4, 0.5) is 10.5 Å². The minimum Gasteiger partial charge on any atom is -0.387 e. The Labute approximate surface area is 133 Å². The van der Waals surface area contributed by atoms with Gasteiger partial charge in [0, 0.05) is 35.5 Å². The predicted octanol–water partition coefficient (Wildman–Crippen LogP) is 3.26. The lowest BCUT2D eigenvalue weighted by molar-refractivity contribution is 0.132. The summed E-state index contributed by atoms with van der Waals surface area (Å²) in [6.45, 7) is 0.735. The highest BCUT2D eigenvalue weighted by Crippen LogP contribution is 2.29. The first-order valence-electron chi connectivity index (χ1n) is 7.43. The smallest absolute Gasteiger partial charge is 0.322 e. The van der Waals surface area contributed by atoms with Crippen LogP contribution in [0.25, 0.3) is 0 Å². The fourth-order valence-electron chi connectivity index (χ4n) is 2.83. The third kappa shape index (κ3) is 3.45. The Morgan fingerprint density at radius 2 is 2.27 bits per heavy atom. The summed E-state index contributed by atoms with van der Waals surface area (Å²) in [7, 11) is 0. The molecule has 0 bridgehead atoms. The highest BCUT2D eigenvalue weighted by atomic mass is 32.1. The number of nitrogens with zero attached hydrogens (tertiary/aromatic N) is 2. The molecule has 1 fully saturated rings. The molecule has 22 heavy (non-hydrogen) atoms. The van der Waals surface area contributed by atoms with Gasteiger partial charge in [-0.2, -0.15) is 0 Å². The summed E-state index contributed by atoms with van der Waals surface area (Å²) in [5.74, 6) is 0. The summed E-state index contributed by atoms with van der Waals surface area (Å²) in [5.41, 5.74) is 0.740. The van der Waals surface area contributed by atoms with E-state index in [0.29, 0.717) is 6.42 Å². The molecule has 5 nitrogen and oxygen atoms in total. The van der Waals surface area contributed by atoms with E-state index < -0.39 is 6.10 Å². The van der Waals surface area contributed by atoms with Gasteiger partial charge in [-0.3, -0.25) is 4.98 Å². The van der Waals surface area contributed by atoms with Crippen molar-refractivity contribution >= 4 is 23.1 Å². The molecule has 2 atom stereocenters. The number of thiophene rings is 1. The van der Waals surface area contributed by atoms with Crippen molar-refractivity contribution in [3.05, 3.63) is 46.9 Å². The first kappa shape index (κ1) is 15.0. The van der Waals surface area contributed by atoms with E-state index in [1.54, 1.807) is 35.9 Å². The topological polar surface area (TPSA) is 65.5 Å². The maximum Gasteiger partial charge on any atom is 0.322 e. The number of anilines is 1.